The second kappa shape index (κ2) is 9.31. The molecule has 1 aliphatic rings. The topological polar surface area (TPSA) is 98.3 Å². The van der Waals surface area contributed by atoms with Gasteiger partial charge in [-0.15, -0.1) is 0 Å². The molecule has 0 aliphatic carbocycles. The molecule has 3 aromatic rings. The van der Waals surface area contributed by atoms with E-state index < -0.39 is 0 Å². The van der Waals surface area contributed by atoms with Crippen molar-refractivity contribution in [1.82, 2.24) is 20.2 Å². The predicted molar refractivity (Wildman–Crippen MR) is 118 cm³/mol. The second-order valence-electron chi connectivity index (χ2n) is 8.27. The second-order valence-corrected chi connectivity index (χ2v) is 8.27. The Hall–Kier alpha value is -3.19. The van der Waals surface area contributed by atoms with Gasteiger partial charge in [0.05, 0.1) is 17.6 Å². The maximum Gasteiger partial charge on any atom is 0.253 e. The molecule has 1 atom stereocenters. The van der Waals surface area contributed by atoms with Gasteiger partial charge in [-0.05, 0) is 55.0 Å². The SMILES string of the molecule is Cc1nc2ccc(C(=O)N3CCCC(CC(=O)NCc4ccc(CO)cc4)C3)cc2[nH]1. The summed E-state index contributed by atoms with van der Waals surface area (Å²) < 4.78 is 0. The molecule has 4 rings (SSSR count). The van der Waals surface area contributed by atoms with Gasteiger partial charge in [-0.3, -0.25) is 9.59 Å². The minimum atomic E-state index is -0.000103. The number of carbonyl (C=O) groups is 2. The van der Waals surface area contributed by atoms with Crippen LogP contribution in [0.25, 0.3) is 11.0 Å². The van der Waals surface area contributed by atoms with E-state index in [1.807, 2.05) is 54.3 Å². The molecule has 7 heteroatoms. The highest BCUT2D eigenvalue weighted by Crippen LogP contribution is 2.22. The lowest BCUT2D eigenvalue weighted by Gasteiger charge is -2.32. The minimum Gasteiger partial charge on any atom is -0.392 e. The number of aromatic nitrogens is 2. The van der Waals surface area contributed by atoms with Gasteiger partial charge in [0, 0.05) is 31.6 Å². The summed E-state index contributed by atoms with van der Waals surface area (Å²) in [6.07, 6.45) is 2.26. The summed E-state index contributed by atoms with van der Waals surface area (Å²) in [5.74, 6) is 0.990. The summed E-state index contributed by atoms with van der Waals surface area (Å²) in [6, 6.07) is 13.1. The van der Waals surface area contributed by atoms with Crippen molar-refractivity contribution in [2.75, 3.05) is 13.1 Å². The average Bonchev–Trinajstić information content (AvgIpc) is 3.17. The van der Waals surface area contributed by atoms with Crippen molar-refractivity contribution < 1.29 is 14.7 Å². The predicted octanol–water partition coefficient (Wildman–Crippen LogP) is 2.92. The molecule has 0 radical (unpaired) electrons. The number of rotatable bonds is 6. The van der Waals surface area contributed by atoms with Crippen molar-refractivity contribution in [2.24, 2.45) is 5.92 Å². The lowest BCUT2D eigenvalue weighted by molar-refractivity contribution is -0.122. The molecule has 31 heavy (non-hydrogen) atoms. The van der Waals surface area contributed by atoms with Gasteiger partial charge in [0.2, 0.25) is 5.91 Å². The van der Waals surface area contributed by atoms with Crippen LogP contribution in [-0.4, -0.2) is 44.9 Å². The largest absolute Gasteiger partial charge is 0.392 e. The Kier molecular flexibility index (Phi) is 6.32. The zero-order valence-electron chi connectivity index (χ0n) is 17.7. The quantitative estimate of drug-likeness (QED) is 0.571. The first-order chi connectivity index (χ1) is 15.0. The lowest BCUT2D eigenvalue weighted by atomic mass is 9.94. The number of aliphatic hydroxyl groups excluding tert-OH is 1. The Morgan fingerprint density at radius 3 is 2.74 bits per heavy atom. The minimum absolute atomic E-state index is 0.000103. The summed E-state index contributed by atoms with van der Waals surface area (Å²) in [5, 5.41) is 12.1. The molecular weight excluding hydrogens is 392 g/mol. The molecule has 2 aromatic carbocycles. The van der Waals surface area contributed by atoms with Crippen molar-refractivity contribution in [3.05, 3.63) is 65.0 Å². The Morgan fingerprint density at radius 2 is 1.97 bits per heavy atom. The number of fused-ring (bicyclic) bond motifs is 1. The standard InChI is InChI=1S/C24H28N4O3/c1-16-26-21-9-8-20(12-22(21)27-16)24(31)28-10-2-3-19(14-28)11-23(30)25-13-17-4-6-18(15-29)7-5-17/h4-9,12,19,29H,2-3,10-11,13-15H2,1H3,(H,25,30)(H,26,27). The number of hydrogen-bond donors (Lipinski definition) is 3. The van der Waals surface area contributed by atoms with E-state index >= 15 is 0 Å². The van der Waals surface area contributed by atoms with Crippen molar-refractivity contribution in [3.63, 3.8) is 0 Å². The molecule has 1 unspecified atom stereocenters. The number of aliphatic hydroxyl groups is 1. The number of nitrogens with one attached hydrogen (secondary N) is 2. The zero-order chi connectivity index (χ0) is 21.8. The van der Waals surface area contributed by atoms with Crippen LogP contribution in [0.3, 0.4) is 0 Å². The number of nitrogens with zero attached hydrogens (tertiary/aromatic N) is 2. The number of carbonyl (C=O) groups excluding carboxylic acids is 2. The van der Waals surface area contributed by atoms with Gasteiger partial charge < -0.3 is 20.3 Å². The highest BCUT2D eigenvalue weighted by atomic mass is 16.3. The van der Waals surface area contributed by atoms with E-state index in [0.717, 1.165) is 40.8 Å². The fourth-order valence-electron chi connectivity index (χ4n) is 4.17. The average molecular weight is 421 g/mol. The Labute approximate surface area is 181 Å². The molecule has 1 fully saturated rings. The van der Waals surface area contributed by atoms with Crippen molar-refractivity contribution in [2.45, 2.75) is 39.3 Å². The van der Waals surface area contributed by atoms with Crippen LogP contribution in [-0.2, 0) is 17.9 Å². The van der Waals surface area contributed by atoms with Crippen LogP contribution >= 0.6 is 0 Å². The number of likely N-dealkylation sites (tertiary alicyclic amines) is 1. The fraction of sp³-hybridized carbons (Fsp3) is 0.375. The summed E-state index contributed by atoms with van der Waals surface area (Å²) >= 11 is 0. The van der Waals surface area contributed by atoms with Crippen molar-refractivity contribution in [3.8, 4) is 0 Å². The number of amides is 2. The Bertz CT molecular complexity index is 1070. The maximum atomic E-state index is 13.0. The Morgan fingerprint density at radius 1 is 1.19 bits per heavy atom. The zero-order valence-corrected chi connectivity index (χ0v) is 17.7. The fourth-order valence-corrected chi connectivity index (χ4v) is 4.17. The van der Waals surface area contributed by atoms with Crippen LogP contribution in [0.2, 0.25) is 0 Å². The molecule has 2 heterocycles. The number of benzene rings is 2. The molecule has 0 bridgehead atoms. The molecule has 0 spiro atoms. The molecule has 1 saturated heterocycles. The van der Waals surface area contributed by atoms with E-state index in [-0.39, 0.29) is 24.3 Å². The summed E-state index contributed by atoms with van der Waals surface area (Å²) in [6.45, 7) is 3.68. The third-order valence-corrected chi connectivity index (χ3v) is 5.82. The number of hydrogen-bond acceptors (Lipinski definition) is 4. The molecule has 3 N–H and O–H groups in total. The molecule has 7 nitrogen and oxygen atoms in total. The van der Waals surface area contributed by atoms with Crippen LogP contribution in [0.1, 0.15) is 46.6 Å². The molecule has 2 amide bonds. The number of piperidine rings is 1. The summed E-state index contributed by atoms with van der Waals surface area (Å²) in [4.78, 5) is 34.9. The van der Waals surface area contributed by atoms with Gasteiger partial charge in [-0.2, -0.15) is 0 Å². The normalized spacial score (nSPS) is 16.5. The van der Waals surface area contributed by atoms with Gasteiger partial charge in [0.1, 0.15) is 5.82 Å². The number of aryl methyl sites for hydroxylation is 1. The van der Waals surface area contributed by atoms with Crippen molar-refractivity contribution in [1.29, 1.82) is 0 Å². The van der Waals surface area contributed by atoms with Gasteiger partial charge in [0.15, 0.2) is 0 Å². The third-order valence-electron chi connectivity index (χ3n) is 5.82. The van der Waals surface area contributed by atoms with E-state index in [9.17, 15) is 9.59 Å². The van der Waals surface area contributed by atoms with Crippen LogP contribution < -0.4 is 5.32 Å². The van der Waals surface area contributed by atoms with Crippen LogP contribution in [0, 0.1) is 12.8 Å². The van der Waals surface area contributed by atoms with Gasteiger partial charge >= 0.3 is 0 Å². The molecule has 1 aromatic heterocycles. The monoisotopic (exact) mass is 420 g/mol. The Balaban J connectivity index is 1.31. The van der Waals surface area contributed by atoms with E-state index in [1.165, 1.54) is 0 Å². The highest BCUT2D eigenvalue weighted by Gasteiger charge is 2.26. The van der Waals surface area contributed by atoms with Crippen LogP contribution in [0.5, 0.6) is 0 Å². The molecular formula is C24H28N4O3. The highest BCUT2D eigenvalue weighted by molar-refractivity contribution is 5.97. The van der Waals surface area contributed by atoms with Gasteiger partial charge in [-0.1, -0.05) is 24.3 Å². The molecule has 162 valence electrons. The third kappa shape index (κ3) is 5.11. The summed E-state index contributed by atoms with van der Waals surface area (Å²) in [7, 11) is 0. The first-order valence-corrected chi connectivity index (χ1v) is 10.7. The number of H-pyrrole nitrogens is 1. The summed E-state index contributed by atoms with van der Waals surface area (Å²) in [5.41, 5.74) is 4.21. The van der Waals surface area contributed by atoms with Gasteiger partial charge in [-0.25, -0.2) is 4.98 Å². The molecule has 1 aliphatic heterocycles. The van der Waals surface area contributed by atoms with Crippen LogP contribution in [0.15, 0.2) is 42.5 Å². The maximum absolute atomic E-state index is 13.0. The van der Waals surface area contributed by atoms with E-state index in [4.69, 9.17) is 5.11 Å². The number of aromatic amines is 1. The smallest absolute Gasteiger partial charge is 0.253 e. The molecule has 0 saturated carbocycles. The number of imidazole rings is 1. The van der Waals surface area contributed by atoms with E-state index in [1.54, 1.807) is 0 Å². The van der Waals surface area contributed by atoms with Crippen molar-refractivity contribution >= 4 is 22.8 Å². The first-order valence-electron chi connectivity index (χ1n) is 10.7. The lowest BCUT2D eigenvalue weighted by Crippen LogP contribution is -2.41. The van der Waals surface area contributed by atoms with E-state index in [0.29, 0.717) is 31.6 Å². The first kappa shape index (κ1) is 21.1. The van der Waals surface area contributed by atoms with E-state index in [2.05, 4.69) is 15.3 Å². The van der Waals surface area contributed by atoms with Crippen LogP contribution in [0.4, 0.5) is 0 Å². The van der Waals surface area contributed by atoms with Gasteiger partial charge in [0.25, 0.3) is 5.91 Å².